The molecule has 1 aromatic carbocycles. The second kappa shape index (κ2) is 4.65. The van der Waals surface area contributed by atoms with Crippen molar-refractivity contribution in [3.63, 3.8) is 0 Å². The van der Waals surface area contributed by atoms with Crippen LogP contribution in [0.25, 0.3) is 0 Å². The first-order valence-corrected chi connectivity index (χ1v) is 5.66. The first-order valence-electron chi connectivity index (χ1n) is 5.66. The van der Waals surface area contributed by atoms with Gasteiger partial charge in [-0.1, -0.05) is 25.0 Å². The molecule has 0 aliphatic heterocycles. The maximum atomic E-state index is 12.9. The Hall–Kier alpha value is -1.05. The lowest BCUT2D eigenvalue weighted by atomic mass is 9.76. The molecule has 1 aliphatic rings. The van der Waals surface area contributed by atoms with Gasteiger partial charge in [0.2, 0.25) is 0 Å². The lowest BCUT2D eigenvalue weighted by Crippen LogP contribution is -2.19. The lowest BCUT2D eigenvalue weighted by Gasteiger charge is -2.29. The molecule has 1 nitrogen and oxygen atoms in total. The van der Waals surface area contributed by atoms with Crippen molar-refractivity contribution in [2.75, 3.05) is 6.67 Å². The summed E-state index contributed by atoms with van der Waals surface area (Å²) in [7, 11) is 0. The van der Waals surface area contributed by atoms with Gasteiger partial charge in [0, 0.05) is 0 Å². The van der Waals surface area contributed by atoms with Crippen LogP contribution >= 0.6 is 0 Å². The molecule has 2 atom stereocenters. The molecule has 1 aromatic rings. The van der Waals surface area contributed by atoms with E-state index in [2.05, 4.69) is 0 Å². The summed E-state index contributed by atoms with van der Waals surface area (Å²) in [6.07, 6.45) is 4.36. The third-order valence-corrected chi connectivity index (χ3v) is 3.41. The first kappa shape index (κ1) is 10.5. The maximum Gasteiger partial charge on any atom is 0.115 e. The highest BCUT2D eigenvalue weighted by atomic mass is 19.1. The summed E-state index contributed by atoms with van der Waals surface area (Å²) in [4.78, 5) is 0. The Morgan fingerprint density at radius 3 is 2.80 bits per heavy atom. The van der Waals surface area contributed by atoms with Gasteiger partial charge in [0.25, 0.3) is 0 Å². The molecule has 15 heavy (non-hydrogen) atoms. The summed E-state index contributed by atoms with van der Waals surface area (Å²) in [6, 6.07) is 7.28. The summed E-state index contributed by atoms with van der Waals surface area (Å²) in [5.41, 5.74) is 1.09. The molecule has 0 radical (unpaired) electrons. The van der Waals surface area contributed by atoms with Crippen molar-refractivity contribution < 1.29 is 9.50 Å². The number of aromatic hydroxyl groups is 1. The fourth-order valence-electron chi connectivity index (χ4n) is 2.59. The zero-order valence-electron chi connectivity index (χ0n) is 8.82. The monoisotopic (exact) mass is 208 g/mol. The molecule has 0 heterocycles. The Balaban J connectivity index is 2.20. The number of benzene rings is 1. The van der Waals surface area contributed by atoms with Crippen LogP contribution in [0.3, 0.4) is 0 Å². The number of phenols is 1. The Kier molecular flexibility index (Phi) is 3.24. The molecule has 1 saturated carbocycles. The van der Waals surface area contributed by atoms with Crippen LogP contribution in [0.15, 0.2) is 24.3 Å². The summed E-state index contributed by atoms with van der Waals surface area (Å²) < 4.78 is 12.9. The molecular weight excluding hydrogens is 191 g/mol. The van der Waals surface area contributed by atoms with Crippen molar-refractivity contribution in [3.05, 3.63) is 29.8 Å². The highest BCUT2D eigenvalue weighted by Crippen LogP contribution is 2.38. The van der Waals surface area contributed by atoms with Crippen LogP contribution in [-0.2, 0) is 0 Å². The molecule has 82 valence electrons. The van der Waals surface area contributed by atoms with E-state index in [1.54, 1.807) is 12.1 Å². The van der Waals surface area contributed by atoms with Gasteiger partial charge < -0.3 is 5.11 Å². The number of halogens is 1. The second-order valence-electron chi connectivity index (χ2n) is 4.40. The van der Waals surface area contributed by atoms with Gasteiger partial charge in [0.1, 0.15) is 5.75 Å². The van der Waals surface area contributed by atoms with E-state index in [9.17, 15) is 9.50 Å². The minimum absolute atomic E-state index is 0.153. The van der Waals surface area contributed by atoms with Gasteiger partial charge in [-0.05, 0) is 42.4 Å². The summed E-state index contributed by atoms with van der Waals surface area (Å²) in [6.45, 7) is -0.236. The van der Waals surface area contributed by atoms with Gasteiger partial charge >= 0.3 is 0 Å². The predicted octanol–water partition coefficient (Wildman–Crippen LogP) is 3.64. The van der Waals surface area contributed by atoms with E-state index in [-0.39, 0.29) is 18.3 Å². The molecule has 0 aromatic heterocycles. The largest absolute Gasteiger partial charge is 0.508 e. The van der Waals surface area contributed by atoms with Crippen LogP contribution in [0.5, 0.6) is 5.75 Å². The molecular formula is C13H17FO. The first-order chi connectivity index (χ1) is 7.31. The molecule has 1 N–H and O–H groups in total. The van der Waals surface area contributed by atoms with Crippen molar-refractivity contribution in [1.82, 2.24) is 0 Å². The molecule has 0 amide bonds. The third-order valence-electron chi connectivity index (χ3n) is 3.41. The molecule has 0 spiro atoms. The number of hydrogen-bond acceptors (Lipinski definition) is 1. The summed E-state index contributed by atoms with van der Waals surface area (Å²) in [5.74, 6) is 0.743. The predicted molar refractivity (Wildman–Crippen MR) is 58.8 cm³/mol. The van der Waals surface area contributed by atoms with Crippen LogP contribution in [0.1, 0.15) is 37.2 Å². The average molecular weight is 208 g/mol. The van der Waals surface area contributed by atoms with Gasteiger partial charge in [-0.2, -0.15) is 0 Å². The molecule has 0 saturated heterocycles. The van der Waals surface area contributed by atoms with Crippen LogP contribution in [0.2, 0.25) is 0 Å². The van der Waals surface area contributed by atoms with Gasteiger partial charge in [-0.25, -0.2) is 0 Å². The topological polar surface area (TPSA) is 20.2 Å². The Morgan fingerprint density at radius 1 is 1.27 bits per heavy atom. The maximum absolute atomic E-state index is 12.9. The van der Waals surface area contributed by atoms with E-state index in [4.69, 9.17) is 0 Å². The molecule has 1 fully saturated rings. The second-order valence-corrected chi connectivity index (χ2v) is 4.40. The molecule has 2 rings (SSSR count). The van der Waals surface area contributed by atoms with Crippen LogP contribution in [-0.4, -0.2) is 11.8 Å². The number of hydrogen-bond donors (Lipinski definition) is 1. The van der Waals surface area contributed by atoms with Crippen molar-refractivity contribution in [3.8, 4) is 5.75 Å². The fourth-order valence-corrected chi connectivity index (χ4v) is 2.59. The normalized spacial score (nSPS) is 26.5. The molecule has 2 heteroatoms. The minimum atomic E-state index is -0.236. The zero-order valence-corrected chi connectivity index (χ0v) is 8.82. The van der Waals surface area contributed by atoms with Crippen LogP contribution in [0, 0.1) is 5.92 Å². The standard InChI is InChI=1S/C13H17FO/c14-9-11-4-1-2-7-13(11)10-5-3-6-12(15)8-10/h3,5-6,8,11,13,15H,1-2,4,7,9H2. The van der Waals surface area contributed by atoms with Crippen LogP contribution < -0.4 is 0 Å². The van der Waals surface area contributed by atoms with Gasteiger partial charge in [-0.15, -0.1) is 0 Å². The molecule has 2 unspecified atom stereocenters. The van der Waals surface area contributed by atoms with E-state index in [1.165, 1.54) is 6.42 Å². The van der Waals surface area contributed by atoms with E-state index >= 15 is 0 Å². The van der Waals surface area contributed by atoms with Gasteiger partial charge in [-0.3, -0.25) is 4.39 Å². The Bertz CT molecular complexity index is 324. The van der Waals surface area contributed by atoms with E-state index in [1.807, 2.05) is 12.1 Å². The molecule has 0 bridgehead atoms. The van der Waals surface area contributed by atoms with E-state index in [0.717, 1.165) is 24.8 Å². The highest BCUT2D eigenvalue weighted by Gasteiger charge is 2.26. The number of phenolic OH excluding ortho intramolecular Hbond substituents is 1. The van der Waals surface area contributed by atoms with Crippen molar-refractivity contribution >= 4 is 0 Å². The summed E-state index contributed by atoms with van der Waals surface area (Å²) >= 11 is 0. The summed E-state index contributed by atoms with van der Waals surface area (Å²) in [5, 5.41) is 9.41. The number of rotatable bonds is 2. The van der Waals surface area contributed by atoms with Gasteiger partial charge in [0.05, 0.1) is 6.67 Å². The smallest absolute Gasteiger partial charge is 0.115 e. The number of alkyl halides is 1. The van der Waals surface area contributed by atoms with Crippen molar-refractivity contribution in [2.24, 2.45) is 5.92 Å². The van der Waals surface area contributed by atoms with Crippen molar-refractivity contribution in [1.29, 1.82) is 0 Å². The Labute approximate surface area is 89.9 Å². The van der Waals surface area contributed by atoms with Crippen molar-refractivity contribution in [2.45, 2.75) is 31.6 Å². The van der Waals surface area contributed by atoms with E-state index < -0.39 is 0 Å². The van der Waals surface area contributed by atoms with Gasteiger partial charge in [0.15, 0.2) is 0 Å². The van der Waals surface area contributed by atoms with E-state index in [0.29, 0.717) is 5.92 Å². The zero-order chi connectivity index (χ0) is 10.7. The average Bonchev–Trinajstić information content (AvgIpc) is 2.29. The van der Waals surface area contributed by atoms with Crippen LogP contribution in [0.4, 0.5) is 4.39 Å². The third kappa shape index (κ3) is 2.31. The quantitative estimate of drug-likeness (QED) is 0.786. The molecule has 1 aliphatic carbocycles. The lowest BCUT2D eigenvalue weighted by molar-refractivity contribution is 0.245. The Morgan fingerprint density at radius 2 is 2.07 bits per heavy atom. The minimum Gasteiger partial charge on any atom is -0.508 e. The SMILES string of the molecule is Oc1cccc(C2CCCCC2CF)c1. The highest BCUT2D eigenvalue weighted by molar-refractivity contribution is 5.30. The fraction of sp³-hybridized carbons (Fsp3) is 0.538.